The Balaban J connectivity index is 1.93. The Morgan fingerprint density at radius 1 is 1.14 bits per heavy atom. The number of nitrogens with two attached hydrogens (primary N) is 3. The van der Waals surface area contributed by atoms with E-state index in [2.05, 4.69) is 10.3 Å². The standard InChI is InChI=1S/C24H24ClF3N6O3/c1-36-17-6-15(10-32-11-17)19(30)12-34(31)21-7-13(3-4-18(21)25)23(35)33-20-8-16(24(26,27)28)5-14(9-29)22(20)37-2/h3-8,10-12H,9,29-31H2,1-2H3,(H,33,35)/b19-12-. The third-order valence-electron chi connectivity index (χ3n) is 5.21. The van der Waals surface area contributed by atoms with Gasteiger partial charge in [0.15, 0.2) is 0 Å². The van der Waals surface area contributed by atoms with Crippen LogP contribution in [-0.2, 0) is 12.7 Å². The van der Waals surface area contributed by atoms with Crippen LogP contribution in [-0.4, -0.2) is 25.1 Å². The lowest BCUT2D eigenvalue weighted by Gasteiger charge is -2.19. The van der Waals surface area contributed by atoms with Crippen LogP contribution in [0.15, 0.2) is 55.0 Å². The van der Waals surface area contributed by atoms with Gasteiger partial charge in [-0.15, -0.1) is 0 Å². The fourth-order valence-electron chi connectivity index (χ4n) is 3.37. The van der Waals surface area contributed by atoms with Gasteiger partial charge in [-0.25, -0.2) is 5.84 Å². The Bertz CT molecular complexity index is 1330. The molecule has 0 unspecified atom stereocenters. The number of hydrazine groups is 1. The molecule has 196 valence electrons. The number of carbonyl (C=O) groups is 1. The largest absolute Gasteiger partial charge is 0.495 e. The Morgan fingerprint density at radius 2 is 1.86 bits per heavy atom. The zero-order chi connectivity index (χ0) is 27.3. The van der Waals surface area contributed by atoms with Crippen LogP contribution >= 0.6 is 11.6 Å². The summed E-state index contributed by atoms with van der Waals surface area (Å²) in [5, 5.41) is 3.74. The van der Waals surface area contributed by atoms with Crippen molar-refractivity contribution >= 4 is 34.6 Å². The second kappa shape index (κ2) is 11.4. The number of carbonyl (C=O) groups excluding carboxylic acids is 1. The van der Waals surface area contributed by atoms with Gasteiger partial charge in [0.1, 0.15) is 11.5 Å². The molecule has 37 heavy (non-hydrogen) atoms. The van der Waals surface area contributed by atoms with E-state index in [1.165, 1.54) is 51.0 Å². The number of alkyl halides is 3. The molecule has 7 N–H and O–H groups in total. The summed E-state index contributed by atoms with van der Waals surface area (Å²) in [5.74, 6) is 5.89. The second-order valence-corrected chi connectivity index (χ2v) is 8.05. The number of amides is 1. The van der Waals surface area contributed by atoms with Crippen LogP contribution in [0.2, 0.25) is 5.02 Å². The van der Waals surface area contributed by atoms with Gasteiger partial charge in [0.05, 0.1) is 48.1 Å². The summed E-state index contributed by atoms with van der Waals surface area (Å²) < 4.78 is 50.5. The molecule has 0 saturated heterocycles. The van der Waals surface area contributed by atoms with E-state index in [-0.39, 0.29) is 45.5 Å². The number of benzene rings is 2. The lowest BCUT2D eigenvalue weighted by atomic mass is 10.1. The van der Waals surface area contributed by atoms with E-state index in [0.717, 1.165) is 17.1 Å². The molecule has 0 aliphatic rings. The topological polar surface area (TPSA) is 142 Å². The number of hydrogen-bond acceptors (Lipinski definition) is 8. The number of ether oxygens (including phenoxy) is 2. The lowest BCUT2D eigenvalue weighted by Crippen LogP contribution is -2.26. The molecule has 9 nitrogen and oxygen atoms in total. The van der Waals surface area contributed by atoms with Gasteiger partial charge in [-0.05, 0) is 36.4 Å². The zero-order valence-electron chi connectivity index (χ0n) is 19.8. The molecule has 1 heterocycles. The fourth-order valence-corrected chi connectivity index (χ4v) is 3.58. The molecule has 1 amide bonds. The van der Waals surface area contributed by atoms with Gasteiger partial charge in [-0.3, -0.25) is 14.8 Å². The average molecular weight is 537 g/mol. The fraction of sp³-hybridized carbons (Fsp3) is 0.167. The monoisotopic (exact) mass is 536 g/mol. The predicted molar refractivity (Wildman–Crippen MR) is 135 cm³/mol. The van der Waals surface area contributed by atoms with Gasteiger partial charge in [0.2, 0.25) is 0 Å². The summed E-state index contributed by atoms with van der Waals surface area (Å²) in [6.45, 7) is -0.236. The molecule has 13 heteroatoms. The summed E-state index contributed by atoms with van der Waals surface area (Å²) in [4.78, 5) is 17.0. The first kappa shape index (κ1) is 27.6. The first-order chi connectivity index (χ1) is 17.5. The van der Waals surface area contributed by atoms with Gasteiger partial charge in [0, 0.05) is 35.6 Å². The van der Waals surface area contributed by atoms with Crippen molar-refractivity contribution in [3.63, 3.8) is 0 Å². The zero-order valence-corrected chi connectivity index (χ0v) is 20.5. The minimum atomic E-state index is -4.66. The molecule has 1 aromatic heterocycles. The number of methoxy groups -OCH3 is 2. The molecule has 2 aromatic carbocycles. The number of halogens is 4. The minimum absolute atomic E-state index is 0.0149. The van der Waals surface area contributed by atoms with Gasteiger partial charge in [-0.2, -0.15) is 13.2 Å². The van der Waals surface area contributed by atoms with E-state index in [1.54, 1.807) is 6.07 Å². The second-order valence-electron chi connectivity index (χ2n) is 7.64. The van der Waals surface area contributed by atoms with E-state index in [4.69, 9.17) is 38.4 Å². The van der Waals surface area contributed by atoms with Gasteiger partial charge >= 0.3 is 6.18 Å². The molecule has 3 rings (SSSR count). The van der Waals surface area contributed by atoms with Crippen molar-refractivity contribution in [3.05, 3.63) is 82.3 Å². The predicted octanol–water partition coefficient (Wildman–Crippen LogP) is 4.12. The minimum Gasteiger partial charge on any atom is -0.495 e. The third kappa shape index (κ3) is 6.42. The smallest absolute Gasteiger partial charge is 0.416 e. The number of rotatable bonds is 8. The molecule has 0 aliphatic carbocycles. The molecule has 0 saturated carbocycles. The molecular weight excluding hydrogens is 513 g/mol. The molecule has 0 bridgehead atoms. The summed E-state index contributed by atoms with van der Waals surface area (Å²) >= 11 is 6.28. The number of hydrogen-bond donors (Lipinski definition) is 4. The number of aromatic nitrogens is 1. The number of pyridine rings is 1. The van der Waals surface area contributed by atoms with Crippen molar-refractivity contribution in [3.8, 4) is 11.5 Å². The van der Waals surface area contributed by atoms with Crippen LogP contribution < -0.4 is 37.1 Å². The highest BCUT2D eigenvalue weighted by Crippen LogP contribution is 2.38. The first-order valence-electron chi connectivity index (χ1n) is 10.6. The Hall–Kier alpha value is -4.00. The normalized spacial score (nSPS) is 11.7. The Morgan fingerprint density at radius 3 is 2.49 bits per heavy atom. The van der Waals surface area contributed by atoms with E-state index in [0.29, 0.717) is 11.3 Å². The van der Waals surface area contributed by atoms with Gasteiger partial charge < -0.3 is 26.3 Å². The van der Waals surface area contributed by atoms with Crippen molar-refractivity contribution in [2.24, 2.45) is 17.3 Å². The number of anilines is 2. The molecule has 0 radical (unpaired) electrons. The Kier molecular flexibility index (Phi) is 8.48. The van der Waals surface area contributed by atoms with Crippen LogP contribution in [0.3, 0.4) is 0 Å². The van der Waals surface area contributed by atoms with Gasteiger partial charge in [0.25, 0.3) is 5.91 Å². The third-order valence-corrected chi connectivity index (χ3v) is 5.53. The maximum Gasteiger partial charge on any atom is 0.416 e. The molecular formula is C24H24ClF3N6O3. The summed E-state index contributed by atoms with van der Waals surface area (Å²) in [5.41, 5.74) is 11.6. The molecule has 0 aliphatic heterocycles. The maximum absolute atomic E-state index is 13.4. The van der Waals surface area contributed by atoms with E-state index >= 15 is 0 Å². The van der Waals surface area contributed by atoms with Crippen molar-refractivity contribution in [2.75, 3.05) is 24.5 Å². The van der Waals surface area contributed by atoms with Crippen molar-refractivity contribution in [1.29, 1.82) is 0 Å². The van der Waals surface area contributed by atoms with Crippen LogP contribution in [0.4, 0.5) is 24.5 Å². The summed E-state index contributed by atoms with van der Waals surface area (Å²) in [6, 6.07) is 7.45. The SMILES string of the molecule is COc1cncc(/C(N)=C/N(N)c2cc(C(=O)Nc3cc(C(F)(F)F)cc(CN)c3OC)ccc2Cl)c1. The van der Waals surface area contributed by atoms with Crippen LogP contribution in [0, 0.1) is 0 Å². The van der Waals surface area contributed by atoms with Crippen molar-refractivity contribution < 1.29 is 27.4 Å². The Labute approximate surface area is 215 Å². The lowest BCUT2D eigenvalue weighted by molar-refractivity contribution is -0.137. The highest BCUT2D eigenvalue weighted by Gasteiger charge is 2.32. The van der Waals surface area contributed by atoms with E-state index in [1.807, 2.05) is 0 Å². The molecule has 0 spiro atoms. The number of nitrogens with one attached hydrogen (secondary N) is 1. The summed E-state index contributed by atoms with van der Waals surface area (Å²) in [7, 11) is 2.75. The molecule has 0 fully saturated rings. The van der Waals surface area contributed by atoms with Gasteiger partial charge in [-0.1, -0.05) is 11.6 Å². The van der Waals surface area contributed by atoms with Crippen LogP contribution in [0.5, 0.6) is 11.5 Å². The molecule has 3 aromatic rings. The number of nitrogens with zero attached hydrogens (tertiary/aromatic N) is 2. The van der Waals surface area contributed by atoms with Crippen LogP contribution in [0.1, 0.15) is 27.0 Å². The van der Waals surface area contributed by atoms with Crippen LogP contribution in [0.25, 0.3) is 5.70 Å². The quantitative estimate of drug-likeness (QED) is 0.249. The van der Waals surface area contributed by atoms with E-state index < -0.39 is 17.6 Å². The maximum atomic E-state index is 13.4. The highest BCUT2D eigenvalue weighted by molar-refractivity contribution is 6.33. The highest BCUT2D eigenvalue weighted by atomic mass is 35.5. The van der Waals surface area contributed by atoms with Crippen molar-refractivity contribution in [2.45, 2.75) is 12.7 Å². The van der Waals surface area contributed by atoms with E-state index in [9.17, 15) is 18.0 Å². The first-order valence-corrected chi connectivity index (χ1v) is 11.0. The average Bonchev–Trinajstić information content (AvgIpc) is 2.87. The van der Waals surface area contributed by atoms with Crippen molar-refractivity contribution in [1.82, 2.24) is 4.98 Å². The molecule has 0 atom stereocenters. The summed E-state index contributed by atoms with van der Waals surface area (Å²) in [6.07, 6.45) is -0.284.